The Bertz CT molecular complexity index is 5120. The number of methoxy groups -OCH3 is 2. The van der Waals surface area contributed by atoms with Crippen molar-refractivity contribution in [3.05, 3.63) is 209 Å². The molecular weight excluding hydrogens is 1700 g/mol. The first kappa shape index (κ1) is 101. The number of nitrogens with one attached hydrogen (secondary N) is 1. The Morgan fingerprint density at radius 3 is 1.19 bits per heavy atom. The molecule has 10 aromatic rings. The number of aliphatic hydroxyl groups excluding tert-OH is 1. The van der Waals surface area contributed by atoms with Crippen LogP contribution >= 0.6 is 48.8 Å². The van der Waals surface area contributed by atoms with Gasteiger partial charge in [0.05, 0.1) is 55.9 Å². The first-order valence-electron chi connectivity index (χ1n) is 36.2. The van der Waals surface area contributed by atoms with Gasteiger partial charge in [-0.2, -0.15) is 0 Å². The molecule has 4 aliphatic heterocycles. The van der Waals surface area contributed by atoms with Gasteiger partial charge in [0.2, 0.25) is 17.6 Å². The van der Waals surface area contributed by atoms with E-state index < -0.39 is 144 Å². The van der Waals surface area contributed by atoms with E-state index >= 15 is 0 Å². The van der Waals surface area contributed by atoms with Gasteiger partial charge >= 0.3 is 47.7 Å². The number of rotatable bonds is 10. The summed E-state index contributed by atoms with van der Waals surface area (Å²) in [5, 5.41) is 24.8. The van der Waals surface area contributed by atoms with Crippen LogP contribution in [-0.2, 0) is 9.47 Å². The SMILES string of the molecule is CC(C)(C)OC(=O)N1CCC(F)(F)[C@@H](O)C1.CC(C)(C)OC(=O)N1CCC(F)(F)[C@@H](Oc2ccc3ccccc3n2)C1.COc1ccc(F)c(C(=O)N2CCC(F)(F)[C@@H](Oc3ccc4ccccc4n3)C2)c1F.COc1ccc(F)c(C(=O)O)c1F.Cl.Cl.Cl.Clc1ccc2ccccc2n1.FC1(F)CCNC[C@@H]1Oc1ccc2ccccc2n1.[H-].[Na+]. The third-order valence-corrected chi connectivity index (χ3v) is 18.0. The summed E-state index contributed by atoms with van der Waals surface area (Å²) >= 11 is 5.71. The van der Waals surface area contributed by atoms with Gasteiger partial charge in [-0.15, -0.1) is 37.2 Å². The number of hydrogen-bond donors (Lipinski definition) is 3. The molecule has 4 atom stereocenters. The van der Waals surface area contributed by atoms with Crippen molar-refractivity contribution < 1.29 is 146 Å². The number of fused-ring (bicyclic) bond motifs is 4. The molecule has 3 amide bonds. The van der Waals surface area contributed by atoms with Crippen LogP contribution in [0.4, 0.5) is 62.3 Å². The Kier molecular flexibility index (Phi) is 37.1. The molecule has 0 unspecified atom stereocenters. The predicted octanol–water partition coefficient (Wildman–Crippen LogP) is 15.9. The van der Waals surface area contributed by atoms with Gasteiger partial charge < -0.3 is 64.8 Å². The number of halogens is 16. The van der Waals surface area contributed by atoms with Crippen LogP contribution in [0.2, 0.25) is 5.15 Å². The number of ether oxygens (including phenoxy) is 7. The van der Waals surface area contributed by atoms with Crippen LogP contribution in [0, 0.1) is 23.3 Å². The number of aromatic carboxylic acids is 1. The van der Waals surface area contributed by atoms with E-state index in [0.717, 1.165) is 66.6 Å². The van der Waals surface area contributed by atoms with Crippen molar-refractivity contribution in [1.82, 2.24) is 40.0 Å². The number of piperidine rings is 4. The van der Waals surface area contributed by atoms with Crippen molar-refractivity contribution >= 4 is 116 Å². The second kappa shape index (κ2) is 44.0. The maximum absolute atomic E-state index is 14.5. The number of hydrogen-bond acceptors (Lipinski definition) is 17. The average Bonchev–Trinajstić information content (AvgIpc) is 0.782. The molecule has 646 valence electrons. The van der Waals surface area contributed by atoms with E-state index in [0.29, 0.717) is 22.7 Å². The number of nitrogens with zero attached hydrogens (tertiary/aromatic N) is 7. The van der Waals surface area contributed by atoms with Gasteiger partial charge in [0.25, 0.3) is 29.6 Å². The summed E-state index contributed by atoms with van der Waals surface area (Å²) in [6.45, 7) is 8.98. The molecule has 120 heavy (non-hydrogen) atoms. The first-order chi connectivity index (χ1) is 54.6. The van der Waals surface area contributed by atoms with Gasteiger partial charge in [-0.1, -0.05) is 84.4 Å². The number of benzene rings is 6. The summed E-state index contributed by atoms with van der Waals surface area (Å²) in [5.74, 6) is -19.8. The molecule has 14 rings (SSSR count). The summed E-state index contributed by atoms with van der Waals surface area (Å²) in [6.07, 6.45) is -9.39. The number of alkyl halides is 8. The Morgan fingerprint density at radius 2 is 0.800 bits per heavy atom. The van der Waals surface area contributed by atoms with Crippen LogP contribution in [0.15, 0.2) is 170 Å². The fraction of sp³-hybridized carbons (Fsp3) is 0.366. The average molecular weight is 1790 g/mol. The number of aromatic nitrogens is 4. The van der Waals surface area contributed by atoms with Crippen LogP contribution in [0.25, 0.3) is 43.6 Å². The van der Waals surface area contributed by atoms with E-state index in [2.05, 4.69) is 30.0 Å². The summed E-state index contributed by atoms with van der Waals surface area (Å²) in [5.41, 5.74) is -0.297. The molecule has 4 fully saturated rings. The van der Waals surface area contributed by atoms with Crippen LogP contribution < -0.4 is 58.6 Å². The standard InChI is InChI=1S/C22H18F4N2O3.C19H22F2N2O3.C14H14F2N2O.C10H17F2NO3.C9H6ClN.C8H6F2O3.3ClH.Na.H/c1-30-16-8-7-14(23)19(20(16)24)21(29)28-11-10-22(25,26)17(12-28)31-18-9-6-13-4-2-3-5-15(13)27-18;1-18(2,3)26-17(24)23-11-10-19(20,21)15(12-23)25-16-9-8-13-6-4-5-7-14(13)22-16;15-14(16)7-8-17-9-12(14)19-13-6-5-10-3-1-2-4-11(10)18-13;1-9(2,3)16-8(15)13-5-4-10(11,12)7(14)6-13;10-9-6-5-7-3-1-2-4-8(7)11-9;1-13-5-3-2-4(9)6(7(5)10)8(11)12;;;;;/h2-9,17H,10-12H2,1H3;4-9,15H,10-12H2,1-3H3;1-6,12,17H,7-9H2;7,14H,4-6H2,1-3H3;1-6H;2-3H,1H3,(H,11,12);3*1H;;/q;;;;;;;;;+1;-1/t17-;15-;12-;7-;;;;;;;/m0000......./s1. The number of amides is 3. The molecule has 4 saturated heterocycles. The quantitative estimate of drug-likeness (QED) is 0.0654. The molecule has 6 aromatic carbocycles. The van der Waals surface area contributed by atoms with Gasteiger partial charge in [-0.05, 0) is 120 Å². The minimum absolute atomic E-state index is 0. The molecule has 0 saturated carbocycles. The normalized spacial score (nSPS) is 17.9. The van der Waals surface area contributed by atoms with E-state index in [1.165, 1.54) is 25.2 Å². The van der Waals surface area contributed by atoms with Crippen LogP contribution in [-0.4, -0.2) is 195 Å². The van der Waals surface area contributed by atoms with E-state index in [1.54, 1.807) is 90.1 Å². The molecule has 4 aliphatic rings. The van der Waals surface area contributed by atoms with E-state index in [4.69, 9.17) is 50.2 Å². The number of likely N-dealkylation sites (tertiary alicyclic amines) is 3. The van der Waals surface area contributed by atoms with E-state index in [-0.39, 0.29) is 143 Å². The Morgan fingerprint density at radius 1 is 0.458 bits per heavy atom. The third kappa shape index (κ3) is 27.9. The van der Waals surface area contributed by atoms with Gasteiger partial charge in [-0.25, -0.2) is 87.0 Å². The largest absolute Gasteiger partial charge is 1.00 e. The van der Waals surface area contributed by atoms with Crippen LogP contribution in [0.1, 0.15) is 89.4 Å². The smallest absolute Gasteiger partial charge is 1.00 e. The minimum Gasteiger partial charge on any atom is -1.00 e. The van der Waals surface area contributed by atoms with Crippen molar-refractivity contribution in [2.24, 2.45) is 0 Å². The summed E-state index contributed by atoms with van der Waals surface area (Å²) < 4.78 is 201. The number of pyridine rings is 4. The molecule has 0 spiro atoms. The summed E-state index contributed by atoms with van der Waals surface area (Å²) in [6, 6.07) is 47.4. The Hall–Kier alpha value is -9.32. The fourth-order valence-corrected chi connectivity index (χ4v) is 11.9. The Labute approximate surface area is 729 Å². The molecule has 4 aromatic heterocycles. The van der Waals surface area contributed by atoms with Crippen molar-refractivity contribution in [2.45, 2.75) is 127 Å². The second-order valence-electron chi connectivity index (χ2n) is 28.7. The summed E-state index contributed by atoms with van der Waals surface area (Å²) in [4.78, 5) is 67.0. The van der Waals surface area contributed by atoms with E-state index in [1.807, 2.05) is 91.0 Å². The molecular formula is C82H87Cl4F12N8NaO13. The summed E-state index contributed by atoms with van der Waals surface area (Å²) in [7, 11) is 2.34. The monoisotopic (exact) mass is 1780 g/mol. The van der Waals surface area contributed by atoms with Gasteiger partial charge in [-0.3, -0.25) is 4.79 Å². The molecule has 3 N–H and O–H groups in total. The first-order valence-corrected chi connectivity index (χ1v) is 36.5. The number of carbonyl (C=O) groups excluding carboxylic acids is 3. The molecule has 0 aliphatic carbocycles. The van der Waals surface area contributed by atoms with E-state index in [9.17, 15) is 71.9 Å². The molecule has 21 nitrogen and oxygen atoms in total. The van der Waals surface area contributed by atoms with Crippen LogP contribution in [0.3, 0.4) is 0 Å². The maximum Gasteiger partial charge on any atom is 1.00 e. The zero-order chi connectivity index (χ0) is 84.7. The predicted molar refractivity (Wildman–Crippen MR) is 430 cm³/mol. The molecule has 8 heterocycles. The van der Waals surface area contributed by atoms with Crippen molar-refractivity contribution in [1.29, 1.82) is 0 Å². The minimum atomic E-state index is -3.25. The molecule has 38 heteroatoms. The van der Waals surface area contributed by atoms with Crippen LogP contribution in [0.5, 0.6) is 29.1 Å². The number of carboxylic acid groups (broad SMARTS) is 1. The third-order valence-electron chi connectivity index (χ3n) is 17.8. The number of β-amino-alcohol motifs (C(OH)–C–C–N with tert-alkyl or cyclic N) is 1. The van der Waals surface area contributed by atoms with Gasteiger partial charge in [0, 0.05) is 98.2 Å². The molecule has 0 bridgehead atoms. The van der Waals surface area contributed by atoms with Crippen molar-refractivity contribution in [2.75, 3.05) is 66.6 Å². The topological polar surface area (TPSA) is 247 Å². The zero-order valence-electron chi connectivity index (χ0n) is 67.1. The van der Waals surface area contributed by atoms with Crippen molar-refractivity contribution in [3.8, 4) is 29.1 Å². The number of para-hydroxylation sites is 4. The number of aliphatic hydroxyl groups is 1. The molecule has 0 radical (unpaired) electrons. The van der Waals surface area contributed by atoms with Gasteiger partial charge in [0.1, 0.15) is 45.2 Å². The Balaban J connectivity index is 0.000000313. The second-order valence-corrected chi connectivity index (χ2v) is 29.1. The zero-order valence-corrected chi connectivity index (χ0v) is 71.3. The number of carbonyl (C=O) groups is 4. The number of carboxylic acids is 1. The maximum atomic E-state index is 14.5. The van der Waals surface area contributed by atoms with Gasteiger partial charge in [0.15, 0.2) is 41.4 Å². The fourth-order valence-electron chi connectivity index (χ4n) is 11.7. The van der Waals surface area contributed by atoms with Crippen molar-refractivity contribution in [3.63, 3.8) is 0 Å².